The zero-order valence-corrected chi connectivity index (χ0v) is 8.49. The van der Waals surface area contributed by atoms with Gasteiger partial charge in [-0.15, -0.1) is 0 Å². The highest BCUT2D eigenvalue weighted by Gasteiger charge is 2.15. The first-order valence-corrected chi connectivity index (χ1v) is 4.42. The first kappa shape index (κ1) is 10.6. The van der Waals surface area contributed by atoms with E-state index < -0.39 is 5.95 Å². The Morgan fingerprint density at radius 3 is 2.64 bits per heavy atom. The fourth-order valence-corrected chi connectivity index (χ4v) is 0.943. The van der Waals surface area contributed by atoms with Crippen molar-refractivity contribution < 1.29 is 9.18 Å². The fourth-order valence-electron chi connectivity index (χ4n) is 0.943. The van der Waals surface area contributed by atoms with Crippen molar-refractivity contribution in [3.63, 3.8) is 0 Å². The average Bonchev–Trinajstić information content (AvgIpc) is 2.15. The van der Waals surface area contributed by atoms with E-state index >= 15 is 0 Å². The molecule has 0 aliphatic rings. The van der Waals surface area contributed by atoms with Crippen LogP contribution in [0.15, 0.2) is 18.2 Å². The lowest BCUT2D eigenvalue weighted by atomic mass is 10.3. The number of halogens is 1. The summed E-state index contributed by atoms with van der Waals surface area (Å²) < 4.78 is 12.7. The molecule has 0 aromatic carbocycles. The van der Waals surface area contributed by atoms with Crippen LogP contribution in [0.3, 0.4) is 0 Å². The normalized spacial score (nSPS) is 10.4. The van der Waals surface area contributed by atoms with E-state index in [9.17, 15) is 9.18 Å². The number of carbonyl (C=O) groups is 1. The molecule has 0 spiro atoms. The van der Waals surface area contributed by atoms with Crippen LogP contribution >= 0.6 is 0 Å². The van der Waals surface area contributed by atoms with Crippen molar-refractivity contribution in [3.8, 4) is 0 Å². The van der Waals surface area contributed by atoms with E-state index in [1.54, 1.807) is 7.05 Å². The van der Waals surface area contributed by atoms with Gasteiger partial charge in [0.25, 0.3) is 5.91 Å². The van der Waals surface area contributed by atoms with Crippen LogP contribution in [0.2, 0.25) is 0 Å². The Labute approximate surface area is 82.6 Å². The molecule has 0 aliphatic carbocycles. The molecule has 1 rings (SSSR count). The summed E-state index contributed by atoms with van der Waals surface area (Å²) in [6, 6.07) is 4.27. The van der Waals surface area contributed by atoms with Gasteiger partial charge in [-0.3, -0.25) is 4.79 Å². The Kier molecular flexibility index (Phi) is 3.17. The summed E-state index contributed by atoms with van der Waals surface area (Å²) in [6.07, 6.45) is 0. The van der Waals surface area contributed by atoms with E-state index in [4.69, 9.17) is 0 Å². The van der Waals surface area contributed by atoms with E-state index in [0.29, 0.717) is 0 Å². The predicted octanol–water partition coefficient (Wildman–Crippen LogP) is 1.70. The van der Waals surface area contributed by atoms with E-state index in [0.717, 1.165) is 0 Å². The molecule has 3 nitrogen and oxygen atoms in total. The summed E-state index contributed by atoms with van der Waals surface area (Å²) in [6.45, 7) is 3.77. The van der Waals surface area contributed by atoms with Crippen LogP contribution in [0.4, 0.5) is 4.39 Å². The maximum atomic E-state index is 12.7. The molecule has 0 saturated heterocycles. The van der Waals surface area contributed by atoms with E-state index in [1.165, 1.54) is 23.1 Å². The van der Waals surface area contributed by atoms with Crippen molar-refractivity contribution in [2.75, 3.05) is 7.05 Å². The molecule has 0 fully saturated rings. The number of hydrogen-bond donors (Lipinski definition) is 0. The topological polar surface area (TPSA) is 33.2 Å². The Morgan fingerprint density at radius 1 is 1.50 bits per heavy atom. The van der Waals surface area contributed by atoms with Crippen molar-refractivity contribution in [2.45, 2.75) is 19.9 Å². The molecule has 76 valence electrons. The first-order chi connectivity index (χ1) is 6.52. The molecule has 0 atom stereocenters. The molecule has 1 aromatic rings. The largest absolute Gasteiger partial charge is 0.338 e. The van der Waals surface area contributed by atoms with Crippen molar-refractivity contribution in [1.82, 2.24) is 9.88 Å². The number of hydrogen-bond acceptors (Lipinski definition) is 2. The van der Waals surface area contributed by atoms with Gasteiger partial charge in [0.1, 0.15) is 5.69 Å². The van der Waals surface area contributed by atoms with Gasteiger partial charge in [-0.2, -0.15) is 4.39 Å². The van der Waals surface area contributed by atoms with E-state index in [2.05, 4.69) is 4.98 Å². The van der Waals surface area contributed by atoms with Crippen molar-refractivity contribution >= 4 is 5.91 Å². The third-order valence-electron chi connectivity index (χ3n) is 2.03. The third-order valence-corrected chi connectivity index (χ3v) is 2.03. The molecule has 0 bridgehead atoms. The van der Waals surface area contributed by atoms with Gasteiger partial charge < -0.3 is 4.90 Å². The second-order valence-corrected chi connectivity index (χ2v) is 3.36. The van der Waals surface area contributed by atoms with Gasteiger partial charge in [-0.1, -0.05) is 6.07 Å². The lowest BCUT2D eigenvalue weighted by molar-refractivity contribution is 0.0747. The first-order valence-electron chi connectivity index (χ1n) is 4.42. The summed E-state index contributed by atoms with van der Waals surface area (Å²) in [5, 5.41) is 0. The number of carbonyl (C=O) groups excluding carboxylic acids is 1. The minimum atomic E-state index is -0.631. The van der Waals surface area contributed by atoms with Crippen molar-refractivity contribution in [1.29, 1.82) is 0 Å². The summed E-state index contributed by atoms with van der Waals surface area (Å²) in [7, 11) is 1.67. The minimum Gasteiger partial charge on any atom is -0.338 e. The van der Waals surface area contributed by atoms with Crippen LogP contribution in [-0.4, -0.2) is 28.9 Å². The Balaban J connectivity index is 2.89. The number of nitrogens with zero attached hydrogens (tertiary/aromatic N) is 2. The van der Waals surface area contributed by atoms with Gasteiger partial charge in [0, 0.05) is 13.1 Å². The van der Waals surface area contributed by atoms with Crippen LogP contribution in [-0.2, 0) is 0 Å². The number of amides is 1. The maximum Gasteiger partial charge on any atom is 0.272 e. The summed E-state index contributed by atoms with van der Waals surface area (Å²) in [4.78, 5) is 16.7. The summed E-state index contributed by atoms with van der Waals surface area (Å²) in [5.74, 6) is -0.896. The number of aromatic nitrogens is 1. The molecular formula is C10H13FN2O. The second-order valence-electron chi connectivity index (χ2n) is 3.36. The Morgan fingerprint density at radius 2 is 2.14 bits per heavy atom. The third kappa shape index (κ3) is 2.28. The average molecular weight is 196 g/mol. The highest BCUT2D eigenvalue weighted by molar-refractivity contribution is 5.92. The lowest BCUT2D eigenvalue weighted by Crippen LogP contribution is -2.33. The van der Waals surface area contributed by atoms with Gasteiger partial charge >= 0.3 is 0 Å². The van der Waals surface area contributed by atoms with Gasteiger partial charge in [-0.05, 0) is 26.0 Å². The molecule has 0 radical (unpaired) electrons. The summed E-state index contributed by atoms with van der Waals surface area (Å²) >= 11 is 0. The molecule has 1 amide bonds. The molecule has 0 aliphatic heterocycles. The summed E-state index contributed by atoms with van der Waals surface area (Å²) in [5.41, 5.74) is 0.140. The Hall–Kier alpha value is -1.45. The zero-order chi connectivity index (χ0) is 10.7. The molecule has 0 N–H and O–H groups in total. The quantitative estimate of drug-likeness (QED) is 0.674. The molecular weight excluding hydrogens is 183 g/mol. The SMILES string of the molecule is CC(C)N(C)C(=O)c1cccc(F)n1. The van der Waals surface area contributed by atoms with Crippen LogP contribution in [0, 0.1) is 5.95 Å². The Bertz CT molecular complexity index is 339. The van der Waals surface area contributed by atoms with Gasteiger partial charge in [0.15, 0.2) is 0 Å². The molecule has 14 heavy (non-hydrogen) atoms. The van der Waals surface area contributed by atoms with E-state index in [1.807, 2.05) is 13.8 Å². The fraction of sp³-hybridized carbons (Fsp3) is 0.400. The van der Waals surface area contributed by atoms with Crippen LogP contribution in [0.25, 0.3) is 0 Å². The number of pyridine rings is 1. The predicted molar refractivity (Wildman–Crippen MR) is 51.4 cm³/mol. The standard InChI is InChI=1S/C10H13FN2O/c1-7(2)13(3)10(14)8-5-4-6-9(11)12-8/h4-7H,1-3H3. The maximum absolute atomic E-state index is 12.7. The molecule has 0 saturated carbocycles. The van der Waals surface area contributed by atoms with E-state index in [-0.39, 0.29) is 17.6 Å². The van der Waals surface area contributed by atoms with Crippen molar-refractivity contribution in [2.24, 2.45) is 0 Å². The van der Waals surface area contributed by atoms with Crippen LogP contribution < -0.4 is 0 Å². The highest BCUT2D eigenvalue weighted by Crippen LogP contribution is 2.04. The van der Waals surface area contributed by atoms with Gasteiger partial charge in [-0.25, -0.2) is 4.98 Å². The second kappa shape index (κ2) is 4.17. The van der Waals surface area contributed by atoms with Gasteiger partial charge in [0.05, 0.1) is 0 Å². The molecule has 4 heteroatoms. The smallest absolute Gasteiger partial charge is 0.272 e. The molecule has 0 unspecified atom stereocenters. The van der Waals surface area contributed by atoms with Crippen molar-refractivity contribution in [3.05, 3.63) is 29.8 Å². The zero-order valence-electron chi connectivity index (χ0n) is 8.49. The van der Waals surface area contributed by atoms with Gasteiger partial charge in [0.2, 0.25) is 5.95 Å². The molecule has 1 heterocycles. The highest BCUT2D eigenvalue weighted by atomic mass is 19.1. The molecule has 1 aromatic heterocycles. The minimum absolute atomic E-state index is 0.0765. The van der Waals surface area contributed by atoms with Crippen LogP contribution in [0.5, 0.6) is 0 Å². The lowest BCUT2D eigenvalue weighted by Gasteiger charge is -2.20. The number of rotatable bonds is 2. The monoisotopic (exact) mass is 196 g/mol. The van der Waals surface area contributed by atoms with Crippen LogP contribution in [0.1, 0.15) is 24.3 Å².